The Morgan fingerprint density at radius 2 is 1.79 bits per heavy atom. The van der Waals surface area contributed by atoms with Crippen molar-refractivity contribution in [3.63, 3.8) is 0 Å². The maximum atomic E-state index is 4.40. The van der Waals surface area contributed by atoms with Crippen molar-refractivity contribution in [3.8, 4) is 0 Å². The SMILES string of the molecule is CCCc1cn(C(C)(C)CC(C)CC2CCC(CCC)CC2)nn1. The molecule has 1 unspecified atom stereocenters. The first-order valence-corrected chi connectivity index (χ1v) is 10.4. The normalized spacial score (nSPS) is 23.4. The summed E-state index contributed by atoms with van der Waals surface area (Å²) in [6.07, 6.45) is 15.6. The minimum Gasteiger partial charge on any atom is -0.247 e. The quantitative estimate of drug-likeness (QED) is 0.556. The Kier molecular flexibility index (Phi) is 7.31. The lowest BCUT2D eigenvalue weighted by Gasteiger charge is -2.33. The minimum atomic E-state index is 0.0673. The van der Waals surface area contributed by atoms with Crippen LogP contribution in [-0.4, -0.2) is 15.0 Å². The van der Waals surface area contributed by atoms with Crippen LogP contribution in [0.2, 0.25) is 0 Å². The van der Waals surface area contributed by atoms with E-state index in [9.17, 15) is 0 Å². The number of aryl methyl sites for hydroxylation is 1. The minimum absolute atomic E-state index is 0.0673. The van der Waals surface area contributed by atoms with E-state index in [1.165, 1.54) is 51.4 Å². The summed E-state index contributed by atoms with van der Waals surface area (Å²) in [7, 11) is 0. The van der Waals surface area contributed by atoms with E-state index in [1.54, 1.807) is 0 Å². The van der Waals surface area contributed by atoms with Gasteiger partial charge in [-0.2, -0.15) is 0 Å². The lowest BCUT2D eigenvalue weighted by Crippen LogP contribution is -2.30. The highest BCUT2D eigenvalue weighted by Gasteiger charge is 2.27. The second kappa shape index (κ2) is 9.01. The Bertz CT molecular complexity index is 469. The zero-order valence-electron chi connectivity index (χ0n) is 16.7. The lowest BCUT2D eigenvalue weighted by molar-refractivity contribution is 0.190. The number of hydrogen-bond donors (Lipinski definition) is 0. The summed E-state index contributed by atoms with van der Waals surface area (Å²) >= 11 is 0. The standard InChI is InChI=1S/C21H39N3/c1-6-8-18-10-12-19(13-11-18)14-17(3)15-21(4,5)24-16-20(9-7-2)22-23-24/h16-19H,6-15H2,1-5H3. The molecule has 1 heterocycles. The largest absolute Gasteiger partial charge is 0.247 e. The van der Waals surface area contributed by atoms with Gasteiger partial charge in [0, 0.05) is 6.20 Å². The van der Waals surface area contributed by atoms with Gasteiger partial charge in [-0.3, -0.25) is 0 Å². The summed E-state index contributed by atoms with van der Waals surface area (Å²) in [6.45, 7) is 11.6. The van der Waals surface area contributed by atoms with Gasteiger partial charge in [0.2, 0.25) is 0 Å². The van der Waals surface area contributed by atoms with Crippen LogP contribution in [0, 0.1) is 17.8 Å². The molecule has 0 saturated heterocycles. The van der Waals surface area contributed by atoms with Crippen LogP contribution < -0.4 is 0 Å². The molecule has 0 amide bonds. The third kappa shape index (κ3) is 5.60. The molecule has 1 atom stereocenters. The summed E-state index contributed by atoms with van der Waals surface area (Å²) in [5, 5.41) is 8.74. The number of aromatic nitrogens is 3. The van der Waals surface area contributed by atoms with E-state index >= 15 is 0 Å². The third-order valence-electron chi connectivity index (χ3n) is 5.91. The summed E-state index contributed by atoms with van der Waals surface area (Å²) in [5.74, 6) is 2.73. The van der Waals surface area contributed by atoms with Crippen LogP contribution in [0.25, 0.3) is 0 Å². The van der Waals surface area contributed by atoms with Crippen LogP contribution in [0.15, 0.2) is 6.20 Å². The zero-order chi connectivity index (χ0) is 17.6. The summed E-state index contributed by atoms with van der Waals surface area (Å²) in [4.78, 5) is 0. The average Bonchev–Trinajstić information content (AvgIpc) is 2.99. The number of nitrogens with zero attached hydrogens (tertiary/aromatic N) is 3. The predicted molar refractivity (Wildman–Crippen MR) is 102 cm³/mol. The van der Waals surface area contributed by atoms with E-state index in [4.69, 9.17) is 0 Å². The highest BCUT2D eigenvalue weighted by Crippen LogP contribution is 2.37. The van der Waals surface area contributed by atoms with Crippen LogP contribution in [0.1, 0.15) is 98.1 Å². The first-order valence-electron chi connectivity index (χ1n) is 10.4. The molecule has 0 radical (unpaired) electrons. The second-order valence-electron chi connectivity index (χ2n) is 8.94. The van der Waals surface area contributed by atoms with Crippen LogP contribution in [-0.2, 0) is 12.0 Å². The van der Waals surface area contributed by atoms with Gasteiger partial charge < -0.3 is 0 Å². The third-order valence-corrected chi connectivity index (χ3v) is 5.91. The molecule has 138 valence electrons. The van der Waals surface area contributed by atoms with Crippen molar-refractivity contribution in [2.75, 3.05) is 0 Å². The Balaban J connectivity index is 1.81. The van der Waals surface area contributed by atoms with E-state index in [-0.39, 0.29) is 5.54 Å². The van der Waals surface area contributed by atoms with Crippen molar-refractivity contribution in [1.82, 2.24) is 15.0 Å². The molecule has 1 fully saturated rings. The monoisotopic (exact) mass is 333 g/mol. The van der Waals surface area contributed by atoms with Crippen molar-refractivity contribution >= 4 is 0 Å². The molecule has 0 bridgehead atoms. The highest BCUT2D eigenvalue weighted by atomic mass is 15.4. The van der Waals surface area contributed by atoms with E-state index in [2.05, 4.69) is 55.8 Å². The van der Waals surface area contributed by atoms with Gasteiger partial charge >= 0.3 is 0 Å². The van der Waals surface area contributed by atoms with Gasteiger partial charge in [-0.1, -0.05) is 70.9 Å². The van der Waals surface area contributed by atoms with E-state index in [0.717, 1.165) is 36.3 Å². The van der Waals surface area contributed by atoms with Crippen LogP contribution in [0.4, 0.5) is 0 Å². The lowest BCUT2D eigenvalue weighted by atomic mass is 9.75. The molecule has 3 heteroatoms. The van der Waals surface area contributed by atoms with Crippen LogP contribution in [0.5, 0.6) is 0 Å². The van der Waals surface area contributed by atoms with E-state index < -0.39 is 0 Å². The molecular formula is C21H39N3. The molecule has 24 heavy (non-hydrogen) atoms. The fourth-order valence-corrected chi connectivity index (χ4v) is 4.73. The molecule has 1 aromatic rings. The Morgan fingerprint density at radius 1 is 1.12 bits per heavy atom. The fourth-order valence-electron chi connectivity index (χ4n) is 4.73. The molecule has 1 saturated carbocycles. The summed E-state index contributed by atoms with van der Waals surface area (Å²) in [6, 6.07) is 0. The molecular weight excluding hydrogens is 294 g/mol. The number of hydrogen-bond acceptors (Lipinski definition) is 2. The molecule has 1 aromatic heterocycles. The van der Waals surface area contributed by atoms with Gasteiger partial charge in [0.1, 0.15) is 0 Å². The van der Waals surface area contributed by atoms with Crippen molar-refractivity contribution in [1.29, 1.82) is 0 Å². The summed E-state index contributed by atoms with van der Waals surface area (Å²) in [5.41, 5.74) is 1.20. The van der Waals surface area contributed by atoms with Crippen LogP contribution >= 0.6 is 0 Å². The van der Waals surface area contributed by atoms with Crippen molar-refractivity contribution < 1.29 is 0 Å². The molecule has 2 rings (SSSR count). The molecule has 0 spiro atoms. The second-order valence-corrected chi connectivity index (χ2v) is 8.94. The van der Waals surface area contributed by atoms with Gasteiger partial charge in [-0.15, -0.1) is 5.10 Å². The van der Waals surface area contributed by atoms with E-state index in [0.29, 0.717) is 0 Å². The van der Waals surface area contributed by atoms with Gasteiger partial charge in [-0.25, -0.2) is 4.68 Å². The Hall–Kier alpha value is -0.860. The molecule has 0 N–H and O–H groups in total. The van der Waals surface area contributed by atoms with Gasteiger partial charge in [-0.05, 0) is 50.9 Å². The molecule has 3 nitrogen and oxygen atoms in total. The smallest absolute Gasteiger partial charge is 0.0827 e. The zero-order valence-corrected chi connectivity index (χ0v) is 16.7. The van der Waals surface area contributed by atoms with Gasteiger partial charge in [0.05, 0.1) is 11.2 Å². The summed E-state index contributed by atoms with van der Waals surface area (Å²) < 4.78 is 2.10. The average molecular weight is 334 g/mol. The maximum Gasteiger partial charge on any atom is 0.0827 e. The Labute approximate surface area is 149 Å². The highest BCUT2D eigenvalue weighted by molar-refractivity contribution is 4.95. The number of rotatable bonds is 9. The molecule has 0 aromatic carbocycles. The first-order chi connectivity index (χ1) is 11.4. The van der Waals surface area contributed by atoms with Crippen LogP contribution in [0.3, 0.4) is 0 Å². The maximum absolute atomic E-state index is 4.40. The topological polar surface area (TPSA) is 30.7 Å². The molecule has 0 aliphatic heterocycles. The van der Waals surface area contributed by atoms with Crippen molar-refractivity contribution in [3.05, 3.63) is 11.9 Å². The van der Waals surface area contributed by atoms with Crippen molar-refractivity contribution in [2.24, 2.45) is 17.8 Å². The van der Waals surface area contributed by atoms with Crippen molar-refractivity contribution in [2.45, 2.75) is 104 Å². The van der Waals surface area contributed by atoms with Gasteiger partial charge in [0.25, 0.3) is 0 Å². The predicted octanol–water partition coefficient (Wildman–Crippen LogP) is 5.99. The first kappa shape index (κ1) is 19.5. The molecule has 1 aliphatic carbocycles. The van der Waals surface area contributed by atoms with Gasteiger partial charge in [0.15, 0.2) is 0 Å². The molecule has 1 aliphatic rings. The Morgan fingerprint density at radius 3 is 2.42 bits per heavy atom. The van der Waals surface area contributed by atoms with E-state index in [1.807, 2.05) is 0 Å². The fraction of sp³-hybridized carbons (Fsp3) is 0.905.